The molecule has 0 unspecified atom stereocenters. The molecule has 19 heavy (non-hydrogen) atoms. The smallest absolute Gasteiger partial charge is 0.274 e. The van der Waals surface area contributed by atoms with Gasteiger partial charge in [0.25, 0.3) is 5.91 Å². The van der Waals surface area contributed by atoms with Crippen molar-refractivity contribution in [2.45, 2.75) is 6.92 Å². The number of aryl methyl sites for hydroxylation is 1. The van der Waals surface area contributed by atoms with Gasteiger partial charge in [0.15, 0.2) is 0 Å². The van der Waals surface area contributed by atoms with Gasteiger partial charge >= 0.3 is 0 Å². The highest BCUT2D eigenvalue weighted by molar-refractivity contribution is 6.31. The molecule has 0 bridgehead atoms. The van der Waals surface area contributed by atoms with Crippen LogP contribution in [0.2, 0.25) is 5.02 Å². The van der Waals surface area contributed by atoms with E-state index in [2.05, 4.69) is 10.3 Å². The molecule has 0 fully saturated rings. The maximum Gasteiger partial charge on any atom is 0.274 e. The summed E-state index contributed by atoms with van der Waals surface area (Å²) in [5.41, 5.74) is 1.84. The van der Waals surface area contributed by atoms with Crippen molar-refractivity contribution >= 4 is 23.2 Å². The van der Waals surface area contributed by atoms with Crippen molar-refractivity contribution in [1.82, 2.24) is 4.98 Å². The van der Waals surface area contributed by atoms with E-state index in [9.17, 15) is 4.79 Å². The fraction of sp³-hybridized carbons (Fsp3) is 0.143. The summed E-state index contributed by atoms with van der Waals surface area (Å²) in [5.74, 6) is 0.245. The first-order valence-electron chi connectivity index (χ1n) is 5.67. The zero-order valence-electron chi connectivity index (χ0n) is 10.6. The Labute approximate surface area is 116 Å². The number of nitrogens with one attached hydrogen (secondary N) is 1. The number of amides is 1. The number of carbonyl (C=O) groups excluding carboxylic acids is 1. The van der Waals surface area contributed by atoms with Crippen molar-refractivity contribution in [1.29, 1.82) is 0 Å². The Bertz CT molecular complexity index is 614. The van der Waals surface area contributed by atoms with Gasteiger partial charge in [-0.05, 0) is 42.8 Å². The van der Waals surface area contributed by atoms with Crippen LogP contribution in [-0.4, -0.2) is 18.0 Å². The highest BCUT2D eigenvalue weighted by Crippen LogP contribution is 2.27. The van der Waals surface area contributed by atoms with E-state index in [0.717, 1.165) is 5.56 Å². The number of rotatable bonds is 3. The van der Waals surface area contributed by atoms with Crippen LogP contribution in [0.15, 0.2) is 36.5 Å². The third kappa shape index (κ3) is 3.23. The van der Waals surface area contributed by atoms with Gasteiger partial charge in [-0.25, -0.2) is 0 Å². The van der Waals surface area contributed by atoms with E-state index >= 15 is 0 Å². The first kappa shape index (κ1) is 13.4. The Balaban J connectivity index is 2.26. The molecule has 1 aromatic carbocycles. The quantitative estimate of drug-likeness (QED) is 0.936. The standard InChI is InChI=1S/C14H13ClN2O2/c1-9-5-6-16-12(7-9)14(18)17-11-8-10(15)3-4-13(11)19-2/h3-8H,1-2H3,(H,17,18). The molecular formula is C14H13ClN2O2. The number of pyridine rings is 1. The number of ether oxygens (including phenoxy) is 1. The first-order valence-corrected chi connectivity index (χ1v) is 6.05. The zero-order valence-corrected chi connectivity index (χ0v) is 11.4. The molecule has 2 rings (SSSR count). The van der Waals surface area contributed by atoms with E-state index in [0.29, 0.717) is 22.2 Å². The number of hydrogen-bond acceptors (Lipinski definition) is 3. The molecule has 0 aliphatic carbocycles. The molecule has 0 spiro atoms. The highest BCUT2D eigenvalue weighted by atomic mass is 35.5. The third-order valence-electron chi connectivity index (χ3n) is 2.56. The molecule has 0 saturated carbocycles. The maximum atomic E-state index is 12.1. The lowest BCUT2D eigenvalue weighted by atomic mass is 10.2. The minimum atomic E-state index is -0.302. The second-order valence-electron chi connectivity index (χ2n) is 4.02. The maximum absolute atomic E-state index is 12.1. The Kier molecular flexibility index (Phi) is 4.02. The normalized spacial score (nSPS) is 10.1. The number of benzene rings is 1. The van der Waals surface area contributed by atoms with E-state index in [1.54, 1.807) is 30.5 Å². The summed E-state index contributed by atoms with van der Waals surface area (Å²) in [4.78, 5) is 16.1. The Hall–Kier alpha value is -2.07. The van der Waals surface area contributed by atoms with Crippen molar-refractivity contribution < 1.29 is 9.53 Å². The van der Waals surface area contributed by atoms with Crippen LogP contribution < -0.4 is 10.1 Å². The van der Waals surface area contributed by atoms with Gasteiger partial charge in [-0.2, -0.15) is 0 Å². The van der Waals surface area contributed by atoms with Crippen molar-refractivity contribution in [3.8, 4) is 5.75 Å². The third-order valence-corrected chi connectivity index (χ3v) is 2.79. The SMILES string of the molecule is COc1ccc(Cl)cc1NC(=O)c1cc(C)ccn1. The van der Waals surface area contributed by atoms with Gasteiger partial charge in [0, 0.05) is 11.2 Å². The summed E-state index contributed by atoms with van der Waals surface area (Å²) in [7, 11) is 1.53. The topological polar surface area (TPSA) is 51.2 Å². The molecule has 1 aromatic heterocycles. The Morgan fingerprint density at radius 2 is 2.11 bits per heavy atom. The number of hydrogen-bond donors (Lipinski definition) is 1. The summed E-state index contributed by atoms with van der Waals surface area (Å²) >= 11 is 5.91. The average Bonchev–Trinajstić information content (AvgIpc) is 2.39. The predicted molar refractivity (Wildman–Crippen MR) is 74.9 cm³/mol. The molecule has 1 heterocycles. The number of methoxy groups -OCH3 is 1. The van der Waals surface area contributed by atoms with Crippen molar-refractivity contribution in [2.24, 2.45) is 0 Å². The number of nitrogens with zero attached hydrogens (tertiary/aromatic N) is 1. The number of anilines is 1. The molecule has 0 radical (unpaired) electrons. The minimum Gasteiger partial charge on any atom is -0.495 e. The van der Waals surface area contributed by atoms with E-state index < -0.39 is 0 Å². The summed E-state index contributed by atoms with van der Waals surface area (Å²) < 4.78 is 5.17. The predicted octanol–water partition coefficient (Wildman–Crippen LogP) is 3.30. The Morgan fingerprint density at radius 1 is 1.32 bits per heavy atom. The first-order chi connectivity index (χ1) is 9.10. The van der Waals surface area contributed by atoms with Gasteiger partial charge < -0.3 is 10.1 Å². The van der Waals surface area contributed by atoms with Gasteiger partial charge in [-0.15, -0.1) is 0 Å². The average molecular weight is 277 g/mol. The summed E-state index contributed by atoms with van der Waals surface area (Å²) in [6.07, 6.45) is 1.60. The lowest BCUT2D eigenvalue weighted by Gasteiger charge is -2.10. The lowest BCUT2D eigenvalue weighted by Crippen LogP contribution is -2.14. The fourth-order valence-corrected chi connectivity index (χ4v) is 1.80. The number of aromatic nitrogens is 1. The highest BCUT2D eigenvalue weighted by Gasteiger charge is 2.11. The fourth-order valence-electron chi connectivity index (χ4n) is 1.62. The van der Waals surface area contributed by atoms with E-state index in [4.69, 9.17) is 16.3 Å². The zero-order chi connectivity index (χ0) is 13.8. The molecule has 5 heteroatoms. The van der Waals surface area contributed by atoms with E-state index in [1.165, 1.54) is 7.11 Å². The second-order valence-corrected chi connectivity index (χ2v) is 4.45. The van der Waals surface area contributed by atoms with Crippen LogP contribution in [0, 0.1) is 6.92 Å². The molecule has 0 aliphatic heterocycles. The molecule has 1 N–H and O–H groups in total. The summed E-state index contributed by atoms with van der Waals surface area (Å²) in [5, 5.41) is 3.26. The summed E-state index contributed by atoms with van der Waals surface area (Å²) in [6.45, 7) is 1.90. The number of carbonyl (C=O) groups is 1. The monoisotopic (exact) mass is 276 g/mol. The van der Waals surface area contributed by atoms with Crippen LogP contribution in [0.25, 0.3) is 0 Å². The Morgan fingerprint density at radius 3 is 2.79 bits per heavy atom. The van der Waals surface area contributed by atoms with Crippen molar-refractivity contribution in [2.75, 3.05) is 12.4 Å². The van der Waals surface area contributed by atoms with Gasteiger partial charge in [0.1, 0.15) is 11.4 Å². The number of halogens is 1. The van der Waals surface area contributed by atoms with Crippen molar-refractivity contribution in [3.63, 3.8) is 0 Å². The van der Waals surface area contributed by atoms with Gasteiger partial charge in [0.2, 0.25) is 0 Å². The molecular weight excluding hydrogens is 264 g/mol. The van der Waals surface area contributed by atoms with Gasteiger partial charge in [-0.1, -0.05) is 11.6 Å². The molecule has 98 valence electrons. The molecule has 0 saturated heterocycles. The second kappa shape index (κ2) is 5.71. The van der Waals surface area contributed by atoms with Crippen LogP contribution in [-0.2, 0) is 0 Å². The van der Waals surface area contributed by atoms with E-state index in [-0.39, 0.29) is 5.91 Å². The van der Waals surface area contributed by atoms with Crippen LogP contribution in [0.3, 0.4) is 0 Å². The van der Waals surface area contributed by atoms with Crippen LogP contribution >= 0.6 is 11.6 Å². The van der Waals surface area contributed by atoms with Crippen LogP contribution in [0.1, 0.15) is 16.1 Å². The van der Waals surface area contributed by atoms with Gasteiger partial charge in [0.05, 0.1) is 12.8 Å². The minimum absolute atomic E-state index is 0.302. The molecule has 4 nitrogen and oxygen atoms in total. The largest absolute Gasteiger partial charge is 0.495 e. The van der Waals surface area contributed by atoms with Crippen LogP contribution in [0.5, 0.6) is 5.75 Å². The molecule has 2 aromatic rings. The van der Waals surface area contributed by atoms with E-state index in [1.807, 2.05) is 13.0 Å². The molecule has 0 aliphatic rings. The molecule has 1 amide bonds. The van der Waals surface area contributed by atoms with Crippen LogP contribution in [0.4, 0.5) is 5.69 Å². The summed E-state index contributed by atoms with van der Waals surface area (Å²) in [6, 6.07) is 8.57. The van der Waals surface area contributed by atoms with Crippen molar-refractivity contribution in [3.05, 3.63) is 52.8 Å². The van der Waals surface area contributed by atoms with Gasteiger partial charge in [-0.3, -0.25) is 9.78 Å². The molecule has 0 atom stereocenters. The lowest BCUT2D eigenvalue weighted by molar-refractivity contribution is 0.102.